The summed E-state index contributed by atoms with van der Waals surface area (Å²) in [6, 6.07) is 0. The van der Waals surface area contributed by atoms with E-state index in [0.29, 0.717) is 0 Å². The minimum Gasteiger partial charge on any atom is -0.0905 e. The quantitative estimate of drug-likeness (QED) is 0.599. The average molecular weight is 218 g/mol. The summed E-state index contributed by atoms with van der Waals surface area (Å²) in [5, 5.41) is 0. The molecule has 0 atom stereocenters. The van der Waals surface area contributed by atoms with Crippen LogP contribution in [0, 0.1) is 0 Å². The zero-order valence-corrected chi connectivity index (χ0v) is 10.3. The lowest BCUT2D eigenvalue weighted by molar-refractivity contribution is 1.03. The van der Waals surface area contributed by atoms with Crippen molar-refractivity contribution < 1.29 is 0 Å². The van der Waals surface area contributed by atoms with E-state index in [1.165, 1.54) is 22.7 Å². The van der Waals surface area contributed by atoms with E-state index in [2.05, 4.69) is 55.5 Å². The van der Waals surface area contributed by atoms with Gasteiger partial charge in [0.2, 0.25) is 0 Å². The molecule has 0 aromatic rings. The topological polar surface area (TPSA) is 0 Å². The molecule has 0 aliphatic heterocycles. The molecule has 0 saturated heterocycles. The minimum atomic E-state index is 1.17. The van der Waals surface area contributed by atoms with Gasteiger partial charge < -0.3 is 0 Å². The fourth-order valence-corrected chi connectivity index (χ4v) is 2.27. The summed E-state index contributed by atoms with van der Waals surface area (Å²) < 4.78 is 0. The number of rotatable bonds is 4. The van der Waals surface area contributed by atoms with Crippen molar-refractivity contribution in [2.75, 3.05) is 0 Å². The molecule has 1 rings (SSSR count). The number of thioether (sulfide) groups is 1. The Labute approximate surface area is 97.2 Å². The lowest BCUT2D eigenvalue weighted by Crippen LogP contribution is -1.80. The Kier molecular flexibility index (Phi) is 5.94. The smallest absolute Gasteiger partial charge is 0.0118 e. The molecule has 0 fully saturated rings. The van der Waals surface area contributed by atoms with Gasteiger partial charge in [-0.15, -0.1) is 0 Å². The molecule has 1 aliphatic rings. The van der Waals surface area contributed by atoms with Gasteiger partial charge >= 0.3 is 0 Å². The molecule has 0 aromatic heterocycles. The molecule has 15 heavy (non-hydrogen) atoms. The standard InChI is InChI=1S/C14H18S/c1-3-5-10-13(9-4-2)15-14-11-7-6-8-12-14/h3-5,7,9-12H,6,8H2,1-2H3/b5-3-,9-4-,13-10+. The molecular weight excluding hydrogens is 200 g/mol. The molecule has 0 saturated carbocycles. The molecule has 1 heteroatoms. The van der Waals surface area contributed by atoms with Gasteiger partial charge in [0.15, 0.2) is 0 Å². The van der Waals surface area contributed by atoms with E-state index in [-0.39, 0.29) is 0 Å². The second kappa shape index (κ2) is 7.36. The molecule has 0 amide bonds. The van der Waals surface area contributed by atoms with E-state index in [4.69, 9.17) is 0 Å². The van der Waals surface area contributed by atoms with Gasteiger partial charge in [0.1, 0.15) is 0 Å². The van der Waals surface area contributed by atoms with E-state index < -0.39 is 0 Å². The number of hydrogen-bond donors (Lipinski definition) is 0. The summed E-state index contributed by atoms with van der Waals surface area (Å²) in [6.45, 7) is 4.09. The van der Waals surface area contributed by atoms with Crippen LogP contribution in [0.4, 0.5) is 0 Å². The normalized spacial score (nSPS) is 17.7. The highest BCUT2D eigenvalue weighted by Crippen LogP contribution is 2.30. The maximum absolute atomic E-state index is 2.30. The predicted octanol–water partition coefficient (Wildman–Crippen LogP) is 4.99. The molecule has 0 N–H and O–H groups in total. The van der Waals surface area contributed by atoms with Gasteiger partial charge in [0.05, 0.1) is 0 Å². The fraction of sp³-hybridized carbons (Fsp3) is 0.286. The third kappa shape index (κ3) is 4.89. The van der Waals surface area contributed by atoms with Crippen LogP contribution in [-0.2, 0) is 0 Å². The maximum atomic E-state index is 2.30. The molecule has 0 nitrogen and oxygen atoms in total. The highest BCUT2D eigenvalue weighted by Gasteiger charge is 1.99. The Balaban J connectivity index is 2.66. The van der Waals surface area contributed by atoms with E-state index >= 15 is 0 Å². The van der Waals surface area contributed by atoms with Crippen LogP contribution >= 0.6 is 11.8 Å². The van der Waals surface area contributed by atoms with Crippen molar-refractivity contribution in [3.8, 4) is 0 Å². The minimum absolute atomic E-state index is 1.17. The van der Waals surface area contributed by atoms with Crippen LogP contribution in [0.15, 0.2) is 58.4 Å². The van der Waals surface area contributed by atoms with Crippen LogP contribution in [0.5, 0.6) is 0 Å². The summed E-state index contributed by atoms with van der Waals surface area (Å²) >= 11 is 1.83. The van der Waals surface area contributed by atoms with E-state index in [1.54, 1.807) is 0 Å². The lowest BCUT2D eigenvalue weighted by Gasteiger charge is -2.06. The average Bonchev–Trinajstić information content (AvgIpc) is 2.28. The molecule has 0 unspecified atom stereocenters. The van der Waals surface area contributed by atoms with Gasteiger partial charge in [0.25, 0.3) is 0 Å². The summed E-state index contributed by atoms with van der Waals surface area (Å²) in [7, 11) is 0. The van der Waals surface area contributed by atoms with Crippen molar-refractivity contribution in [1.29, 1.82) is 0 Å². The van der Waals surface area contributed by atoms with Crippen LogP contribution in [-0.4, -0.2) is 0 Å². The molecule has 0 aromatic carbocycles. The maximum Gasteiger partial charge on any atom is 0.0118 e. The van der Waals surface area contributed by atoms with Gasteiger partial charge in [0, 0.05) is 9.81 Å². The monoisotopic (exact) mass is 218 g/mol. The summed E-state index contributed by atoms with van der Waals surface area (Å²) in [5.74, 6) is 0. The Morgan fingerprint density at radius 2 is 2.13 bits per heavy atom. The molecule has 1 aliphatic carbocycles. The first kappa shape index (κ1) is 12.1. The van der Waals surface area contributed by atoms with Crippen LogP contribution in [0.25, 0.3) is 0 Å². The van der Waals surface area contributed by atoms with E-state index in [9.17, 15) is 0 Å². The van der Waals surface area contributed by atoms with E-state index in [0.717, 1.165) is 0 Å². The number of allylic oxidation sites excluding steroid dienone is 8. The third-order valence-corrected chi connectivity index (χ3v) is 3.03. The second-order valence-corrected chi connectivity index (χ2v) is 4.43. The first-order chi connectivity index (χ1) is 7.36. The van der Waals surface area contributed by atoms with Gasteiger partial charge in [-0.3, -0.25) is 0 Å². The molecular formula is C14H18S. The first-order valence-corrected chi connectivity index (χ1v) is 6.18. The zero-order chi connectivity index (χ0) is 10.9. The van der Waals surface area contributed by atoms with Crippen LogP contribution in [0.3, 0.4) is 0 Å². The van der Waals surface area contributed by atoms with E-state index in [1.807, 2.05) is 18.7 Å². The van der Waals surface area contributed by atoms with Gasteiger partial charge in [-0.1, -0.05) is 54.3 Å². The Bertz CT molecular complexity index is 327. The van der Waals surface area contributed by atoms with Crippen molar-refractivity contribution >= 4 is 11.8 Å². The summed E-state index contributed by atoms with van der Waals surface area (Å²) in [4.78, 5) is 2.64. The Morgan fingerprint density at radius 3 is 2.73 bits per heavy atom. The Hall–Kier alpha value is -0.950. The van der Waals surface area contributed by atoms with Gasteiger partial charge in [-0.2, -0.15) is 0 Å². The SMILES string of the molecule is C\C=C/C=C(\C=C/C)SC1=CCCC=C1. The molecule has 0 spiro atoms. The second-order valence-electron chi connectivity index (χ2n) is 3.28. The summed E-state index contributed by atoms with van der Waals surface area (Å²) in [5.41, 5.74) is 0. The van der Waals surface area contributed by atoms with Crippen molar-refractivity contribution in [3.63, 3.8) is 0 Å². The molecule has 0 heterocycles. The third-order valence-electron chi connectivity index (χ3n) is 1.98. The van der Waals surface area contributed by atoms with Crippen molar-refractivity contribution in [2.45, 2.75) is 26.7 Å². The predicted molar refractivity (Wildman–Crippen MR) is 71.8 cm³/mol. The Morgan fingerprint density at radius 1 is 1.27 bits per heavy atom. The largest absolute Gasteiger partial charge is 0.0905 e. The lowest BCUT2D eigenvalue weighted by atomic mass is 10.2. The highest BCUT2D eigenvalue weighted by atomic mass is 32.2. The molecule has 0 bridgehead atoms. The molecule has 0 radical (unpaired) electrons. The first-order valence-electron chi connectivity index (χ1n) is 5.37. The summed E-state index contributed by atoms with van der Waals surface area (Å²) in [6.07, 6.45) is 19.6. The van der Waals surface area contributed by atoms with Crippen molar-refractivity contribution in [2.24, 2.45) is 0 Å². The van der Waals surface area contributed by atoms with Gasteiger partial charge in [-0.05, 0) is 32.8 Å². The van der Waals surface area contributed by atoms with Gasteiger partial charge in [-0.25, -0.2) is 0 Å². The van der Waals surface area contributed by atoms with Crippen LogP contribution < -0.4 is 0 Å². The number of hydrogen-bond acceptors (Lipinski definition) is 1. The van der Waals surface area contributed by atoms with Crippen LogP contribution in [0.1, 0.15) is 26.7 Å². The van der Waals surface area contributed by atoms with Crippen LogP contribution in [0.2, 0.25) is 0 Å². The van der Waals surface area contributed by atoms with Crippen molar-refractivity contribution in [1.82, 2.24) is 0 Å². The highest BCUT2D eigenvalue weighted by molar-refractivity contribution is 8.07. The fourth-order valence-electron chi connectivity index (χ4n) is 1.28. The zero-order valence-electron chi connectivity index (χ0n) is 9.44. The molecule has 80 valence electrons. The van der Waals surface area contributed by atoms with Crippen molar-refractivity contribution in [3.05, 3.63) is 58.4 Å².